The second kappa shape index (κ2) is 4.78. The van der Waals surface area contributed by atoms with Gasteiger partial charge in [0, 0.05) is 4.88 Å². The molecule has 1 saturated carbocycles. The highest BCUT2D eigenvalue weighted by Gasteiger charge is 2.32. The number of thiophene rings is 1. The molecule has 0 aromatic carbocycles. The van der Waals surface area contributed by atoms with E-state index in [-0.39, 0.29) is 0 Å². The molecule has 0 bridgehead atoms. The van der Waals surface area contributed by atoms with E-state index in [1.807, 2.05) is 23.6 Å². The van der Waals surface area contributed by atoms with Crippen molar-refractivity contribution >= 4 is 33.0 Å². The normalized spacial score (nSPS) is 16.8. The monoisotopic (exact) mass is 308 g/mol. The van der Waals surface area contributed by atoms with E-state index in [1.54, 1.807) is 0 Å². The Kier molecular flexibility index (Phi) is 3.16. The van der Waals surface area contributed by atoms with Gasteiger partial charge in [0.1, 0.15) is 4.60 Å². The average Bonchev–Trinajstić information content (AvgIpc) is 3.03. The number of hydrogen-bond donors (Lipinski definition) is 1. The highest BCUT2D eigenvalue weighted by molar-refractivity contribution is 9.10. The third kappa shape index (κ3) is 2.69. The van der Waals surface area contributed by atoms with Crippen LogP contribution >= 0.6 is 27.3 Å². The molecule has 0 spiro atoms. The lowest BCUT2D eigenvalue weighted by molar-refractivity contribution is 0.690. The molecule has 4 heteroatoms. The lowest BCUT2D eigenvalue weighted by atomic mass is 10.1. The summed E-state index contributed by atoms with van der Waals surface area (Å²) < 4.78 is 0.877. The van der Waals surface area contributed by atoms with Crippen LogP contribution in [0.3, 0.4) is 0 Å². The molecule has 17 heavy (non-hydrogen) atoms. The van der Waals surface area contributed by atoms with Crippen molar-refractivity contribution < 1.29 is 0 Å². The summed E-state index contributed by atoms with van der Waals surface area (Å²) in [5.74, 6) is 0.789. The summed E-state index contributed by atoms with van der Waals surface area (Å²) in [6, 6.07) is 8.84. The maximum Gasteiger partial charge on any atom is 0.106 e. The van der Waals surface area contributed by atoms with Crippen LogP contribution in [0.15, 0.2) is 40.4 Å². The smallest absolute Gasteiger partial charge is 0.106 e. The topological polar surface area (TPSA) is 24.9 Å². The van der Waals surface area contributed by atoms with Crippen LogP contribution in [0.25, 0.3) is 0 Å². The van der Waals surface area contributed by atoms with Gasteiger partial charge in [-0.15, -0.1) is 11.3 Å². The van der Waals surface area contributed by atoms with E-state index >= 15 is 0 Å². The molecule has 2 nitrogen and oxygen atoms in total. The van der Waals surface area contributed by atoms with Gasteiger partial charge in [-0.3, -0.25) is 0 Å². The van der Waals surface area contributed by atoms with Crippen molar-refractivity contribution in [1.29, 1.82) is 0 Å². The lowest BCUT2D eigenvalue weighted by Gasteiger charge is -2.17. The average molecular weight is 309 g/mol. The molecule has 2 heterocycles. The summed E-state index contributed by atoms with van der Waals surface area (Å²) in [5, 5.41) is 5.74. The summed E-state index contributed by atoms with van der Waals surface area (Å²) in [4.78, 5) is 5.68. The van der Waals surface area contributed by atoms with Crippen LogP contribution in [0.1, 0.15) is 23.8 Å². The molecule has 1 unspecified atom stereocenters. The van der Waals surface area contributed by atoms with Crippen molar-refractivity contribution in [2.45, 2.75) is 18.9 Å². The number of anilines is 1. The fourth-order valence-corrected chi connectivity index (χ4v) is 3.06. The molecule has 88 valence electrons. The van der Waals surface area contributed by atoms with Crippen molar-refractivity contribution in [2.75, 3.05) is 5.32 Å². The number of hydrogen-bond acceptors (Lipinski definition) is 3. The number of pyridine rings is 1. The van der Waals surface area contributed by atoms with Crippen LogP contribution in [-0.4, -0.2) is 4.98 Å². The molecule has 1 N–H and O–H groups in total. The third-order valence-electron chi connectivity index (χ3n) is 2.99. The van der Waals surface area contributed by atoms with Crippen LogP contribution in [0.5, 0.6) is 0 Å². The van der Waals surface area contributed by atoms with E-state index in [9.17, 15) is 0 Å². The Labute approximate surface area is 113 Å². The number of halogens is 1. The first-order valence-corrected chi connectivity index (χ1v) is 7.42. The summed E-state index contributed by atoms with van der Waals surface area (Å²) in [6.45, 7) is 0. The van der Waals surface area contributed by atoms with Crippen molar-refractivity contribution in [3.05, 3.63) is 45.3 Å². The second-order valence-electron chi connectivity index (χ2n) is 4.34. The van der Waals surface area contributed by atoms with Gasteiger partial charge in [-0.05, 0) is 58.3 Å². The zero-order valence-corrected chi connectivity index (χ0v) is 11.7. The zero-order valence-electron chi connectivity index (χ0n) is 9.27. The molecule has 3 rings (SSSR count). The lowest BCUT2D eigenvalue weighted by Crippen LogP contribution is -2.11. The van der Waals surface area contributed by atoms with Gasteiger partial charge in [0.25, 0.3) is 0 Å². The van der Waals surface area contributed by atoms with E-state index in [1.165, 1.54) is 17.7 Å². The van der Waals surface area contributed by atoms with Crippen LogP contribution < -0.4 is 5.32 Å². The predicted molar refractivity (Wildman–Crippen MR) is 75.3 cm³/mol. The van der Waals surface area contributed by atoms with Gasteiger partial charge in [0.15, 0.2) is 0 Å². The molecule has 0 aliphatic heterocycles. The Bertz CT molecular complexity index is 477. The highest BCUT2D eigenvalue weighted by atomic mass is 79.9. The van der Waals surface area contributed by atoms with E-state index in [2.05, 4.69) is 49.8 Å². The Morgan fingerprint density at radius 2 is 2.24 bits per heavy atom. The van der Waals surface area contributed by atoms with Gasteiger partial charge in [-0.1, -0.05) is 6.07 Å². The number of aromatic nitrogens is 1. The Hall–Kier alpha value is -0.870. The molecule has 1 aliphatic rings. The molecule has 2 aromatic heterocycles. The molecule has 1 aliphatic carbocycles. The van der Waals surface area contributed by atoms with Crippen LogP contribution in [0.4, 0.5) is 5.69 Å². The molecule has 1 atom stereocenters. The van der Waals surface area contributed by atoms with Gasteiger partial charge < -0.3 is 5.32 Å². The van der Waals surface area contributed by atoms with Gasteiger partial charge >= 0.3 is 0 Å². The quantitative estimate of drug-likeness (QED) is 0.843. The minimum Gasteiger partial charge on any atom is -0.376 e. The van der Waals surface area contributed by atoms with Crippen molar-refractivity contribution in [3.63, 3.8) is 0 Å². The molecular formula is C13H13BrN2S. The Balaban J connectivity index is 1.79. The first-order valence-electron chi connectivity index (χ1n) is 5.74. The van der Waals surface area contributed by atoms with Gasteiger partial charge in [-0.25, -0.2) is 4.98 Å². The third-order valence-corrected chi connectivity index (χ3v) is 4.42. The van der Waals surface area contributed by atoms with E-state index in [4.69, 9.17) is 0 Å². The van der Waals surface area contributed by atoms with Crippen LogP contribution in [0, 0.1) is 5.92 Å². The fraction of sp³-hybridized carbons (Fsp3) is 0.308. The molecule has 2 aromatic rings. The van der Waals surface area contributed by atoms with E-state index < -0.39 is 0 Å². The van der Waals surface area contributed by atoms with Gasteiger partial charge in [-0.2, -0.15) is 0 Å². The summed E-state index contributed by atoms with van der Waals surface area (Å²) in [5.41, 5.74) is 1.10. The zero-order chi connectivity index (χ0) is 11.7. The number of nitrogens with zero attached hydrogens (tertiary/aromatic N) is 1. The van der Waals surface area contributed by atoms with Gasteiger partial charge in [0.05, 0.1) is 17.9 Å². The summed E-state index contributed by atoms with van der Waals surface area (Å²) in [6.07, 6.45) is 4.55. The Morgan fingerprint density at radius 1 is 1.35 bits per heavy atom. The second-order valence-corrected chi connectivity index (χ2v) is 6.14. The van der Waals surface area contributed by atoms with Crippen LogP contribution in [-0.2, 0) is 0 Å². The Morgan fingerprint density at radius 3 is 2.82 bits per heavy atom. The number of nitrogens with one attached hydrogen (secondary N) is 1. The first-order chi connectivity index (χ1) is 8.33. The molecule has 0 amide bonds. The largest absolute Gasteiger partial charge is 0.376 e. The molecule has 1 fully saturated rings. The minimum atomic E-state index is 0.456. The maximum atomic E-state index is 4.25. The maximum absolute atomic E-state index is 4.25. The predicted octanol–water partition coefficient (Wildman–Crippen LogP) is 4.47. The highest BCUT2D eigenvalue weighted by Crippen LogP contribution is 2.44. The van der Waals surface area contributed by atoms with E-state index in [0.717, 1.165) is 16.2 Å². The minimum absolute atomic E-state index is 0.456. The van der Waals surface area contributed by atoms with Crippen LogP contribution in [0.2, 0.25) is 0 Å². The summed E-state index contributed by atoms with van der Waals surface area (Å²) >= 11 is 5.18. The molecule has 0 radical (unpaired) electrons. The van der Waals surface area contributed by atoms with E-state index in [0.29, 0.717) is 6.04 Å². The number of rotatable bonds is 4. The summed E-state index contributed by atoms with van der Waals surface area (Å²) in [7, 11) is 0. The standard InChI is InChI=1S/C13H13BrN2S/c14-12-6-5-10(8-15-12)16-13(9-3-4-9)11-2-1-7-17-11/h1-2,5-9,13,16H,3-4H2. The van der Waals surface area contributed by atoms with Crippen molar-refractivity contribution in [1.82, 2.24) is 4.98 Å². The van der Waals surface area contributed by atoms with Gasteiger partial charge in [0.2, 0.25) is 0 Å². The molecule has 0 saturated heterocycles. The molecular weight excluding hydrogens is 296 g/mol. The van der Waals surface area contributed by atoms with Crippen molar-refractivity contribution in [2.24, 2.45) is 5.92 Å². The van der Waals surface area contributed by atoms with Crippen molar-refractivity contribution in [3.8, 4) is 0 Å². The first kappa shape index (κ1) is 11.2. The SMILES string of the molecule is Brc1ccc(NC(c2cccs2)C2CC2)cn1. The fourth-order valence-electron chi connectivity index (χ4n) is 1.96.